The van der Waals surface area contributed by atoms with Crippen molar-refractivity contribution in [2.24, 2.45) is 0 Å². The Bertz CT molecular complexity index is 1230. The second kappa shape index (κ2) is 7.98. The minimum absolute atomic E-state index is 0.145. The molecule has 2 aromatic carbocycles. The lowest BCUT2D eigenvalue weighted by Gasteiger charge is -2.36. The Kier molecular flexibility index (Phi) is 5.16. The van der Waals surface area contributed by atoms with Gasteiger partial charge in [0.15, 0.2) is 5.65 Å². The first kappa shape index (κ1) is 20.0. The van der Waals surface area contributed by atoms with Gasteiger partial charge in [-0.2, -0.15) is 0 Å². The summed E-state index contributed by atoms with van der Waals surface area (Å²) in [5, 5.41) is 1.79. The molecule has 0 unspecified atom stereocenters. The molecule has 0 spiro atoms. The van der Waals surface area contributed by atoms with Crippen LogP contribution in [0.5, 0.6) is 0 Å². The zero-order chi connectivity index (χ0) is 21.5. The number of nitrogens with zero attached hydrogens (tertiary/aromatic N) is 4. The number of fused-ring (bicyclic) bond motifs is 1. The van der Waals surface area contributed by atoms with Crippen LogP contribution in [0.3, 0.4) is 0 Å². The highest BCUT2D eigenvalue weighted by Crippen LogP contribution is 2.37. The number of anilines is 1. The molecule has 1 aliphatic heterocycles. The molecule has 0 saturated carbocycles. The summed E-state index contributed by atoms with van der Waals surface area (Å²) in [6.45, 7) is 7.83. The summed E-state index contributed by atoms with van der Waals surface area (Å²) in [4.78, 5) is 11.8. The van der Waals surface area contributed by atoms with Gasteiger partial charge in [-0.25, -0.2) is 9.97 Å². The highest BCUT2D eigenvalue weighted by molar-refractivity contribution is 6.31. The van der Waals surface area contributed by atoms with E-state index in [9.17, 15) is 0 Å². The number of ether oxygens (including phenoxy) is 1. The van der Waals surface area contributed by atoms with Crippen molar-refractivity contribution in [3.05, 3.63) is 71.6 Å². The molecular formula is C25H25ClN4O. The van der Waals surface area contributed by atoms with Crippen LogP contribution in [0.2, 0.25) is 5.02 Å². The van der Waals surface area contributed by atoms with E-state index in [1.807, 2.05) is 25.1 Å². The van der Waals surface area contributed by atoms with Gasteiger partial charge in [0.05, 0.1) is 17.6 Å². The lowest BCUT2D eigenvalue weighted by molar-refractivity contribution is -0.00537. The van der Waals surface area contributed by atoms with Crippen molar-refractivity contribution in [2.75, 3.05) is 18.0 Å². The summed E-state index contributed by atoms with van der Waals surface area (Å²) in [6.07, 6.45) is 4.09. The summed E-state index contributed by atoms with van der Waals surface area (Å²) < 4.78 is 8.07. The second-order valence-corrected chi connectivity index (χ2v) is 8.68. The molecule has 0 aliphatic carbocycles. The lowest BCUT2D eigenvalue weighted by atomic mass is 10.1. The Labute approximate surface area is 187 Å². The van der Waals surface area contributed by atoms with Gasteiger partial charge >= 0.3 is 0 Å². The number of morpholine rings is 1. The second-order valence-electron chi connectivity index (χ2n) is 8.27. The number of aromatic nitrogens is 3. The quantitative estimate of drug-likeness (QED) is 0.418. The van der Waals surface area contributed by atoms with Crippen molar-refractivity contribution >= 4 is 28.5 Å². The van der Waals surface area contributed by atoms with E-state index in [0.717, 1.165) is 57.3 Å². The van der Waals surface area contributed by atoms with Gasteiger partial charge < -0.3 is 14.2 Å². The highest BCUT2D eigenvalue weighted by Gasteiger charge is 2.27. The van der Waals surface area contributed by atoms with Crippen molar-refractivity contribution < 1.29 is 4.74 Å². The molecular weight excluding hydrogens is 408 g/mol. The number of hydrogen-bond donors (Lipinski definition) is 0. The predicted molar refractivity (Wildman–Crippen MR) is 126 cm³/mol. The number of benzene rings is 2. The minimum atomic E-state index is 0.145. The Morgan fingerprint density at radius 3 is 2.45 bits per heavy atom. The molecule has 4 aromatic rings. The number of aryl methyl sites for hydroxylation is 1. The van der Waals surface area contributed by atoms with E-state index in [0.29, 0.717) is 0 Å². The molecule has 1 fully saturated rings. The van der Waals surface area contributed by atoms with Crippen LogP contribution >= 0.6 is 11.6 Å². The van der Waals surface area contributed by atoms with Crippen LogP contribution in [-0.4, -0.2) is 39.8 Å². The van der Waals surface area contributed by atoms with Crippen LogP contribution in [0.1, 0.15) is 19.4 Å². The molecule has 5 nitrogen and oxygen atoms in total. The summed E-state index contributed by atoms with van der Waals surface area (Å²) in [5.41, 5.74) is 5.15. The summed E-state index contributed by atoms with van der Waals surface area (Å²) in [5.74, 6) is 0.947. The predicted octanol–water partition coefficient (Wildman–Crippen LogP) is 5.66. The van der Waals surface area contributed by atoms with Gasteiger partial charge in [-0.15, -0.1) is 0 Å². The maximum Gasteiger partial charge on any atom is 0.150 e. The SMILES string of the molecule is Cc1ccc(-n2cc(-c3ccccc3)c3c(N4C[C@@H](C)O[C@@H](C)C4)ncnc32)cc1Cl. The molecule has 0 N–H and O–H groups in total. The van der Waals surface area contributed by atoms with Crippen LogP contribution in [0.25, 0.3) is 27.8 Å². The minimum Gasteiger partial charge on any atom is -0.372 e. The topological polar surface area (TPSA) is 43.2 Å². The first-order valence-corrected chi connectivity index (χ1v) is 11.0. The molecule has 1 saturated heterocycles. The fraction of sp³-hybridized carbons (Fsp3) is 0.280. The smallest absolute Gasteiger partial charge is 0.150 e. The molecule has 0 bridgehead atoms. The normalized spacial score (nSPS) is 19.2. The maximum atomic E-state index is 6.46. The van der Waals surface area contributed by atoms with Gasteiger partial charge in [-0.05, 0) is 44.0 Å². The Morgan fingerprint density at radius 1 is 1.00 bits per heavy atom. The summed E-state index contributed by atoms with van der Waals surface area (Å²) in [7, 11) is 0. The third-order valence-corrected chi connectivity index (χ3v) is 6.21. The van der Waals surface area contributed by atoms with Crippen LogP contribution in [0.15, 0.2) is 61.1 Å². The van der Waals surface area contributed by atoms with Crippen molar-refractivity contribution in [3.8, 4) is 16.8 Å². The zero-order valence-corrected chi connectivity index (χ0v) is 18.7. The molecule has 1 aliphatic rings. The van der Waals surface area contributed by atoms with Crippen molar-refractivity contribution in [2.45, 2.75) is 33.0 Å². The molecule has 5 rings (SSSR count). The molecule has 2 atom stereocenters. The van der Waals surface area contributed by atoms with Gasteiger partial charge in [0.25, 0.3) is 0 Å². The van der Waals surface area contributed by atoms with Gasteiger partial charge in [-0.3, -0.25) is 0 Å². The van der Waals surface area contributed by atoms with E-state index >= 15 is 0 Å². The Morgan fingerprint density at radius 2 is 1.74 bits per heavy atom. The first-order valence-electron chi connectivity index (χ1n) is 10.6. The standard InChI is InChI=1S/C25H25ClN4O/c1-16-9-10-20(11-22(16)26)30-14-21(19-7-5-4-6-8-19)23-24(27-15-28-25(23)30)29-12-17(2)31-18(3)13-29/h4-11,14-15,17-18H,12-13H2,1-3H3/t17-,18+. The van der Waals surface area contributed by atoms with Crippen LogP contribution in [-0.2, 0) is 4.74 Å². The number of halogens is 1. The molecule has 0 radical (unpaired) electrons. The average molecular weight is 433 g/mol. The lowest BCUT2D eigenvalue weighted by Crippen LogP contribution is -2.46. The van der Waals surface area contributed by atoms with E-state index in [2.05, 4.69) is 59.8 Å². The van der Waals surface area contributed by atoms with Gasteiger partial charge in [0.2, 0.25) is 0 Å². The summed E-state index contributed by atoms with van der Waals surface area (Å²) in [6, 6.07) is 16.5. The Hall–Kier alpha value is -2.89. The van der Waals surface area contributed by atoms with Crippen LogP contribution in [0.4, 0.5) is 5.82 Å². The van der Waals surface area contributed by atoms with E-state index < -0.39 is 0 Å². The van der Waals surface area contributed by atoms with Crippen molar-refractivity contribution in [1.29, 1.82) is 0 Å². The van der Waals surface area contributed by atoms with E-state index in [1.54, 1.807) is 6.33 Å². The average Bonchev–Trinajstić information content (AvgIpc) is 3.15. The third-order valence-electron chi connectivity index (χ3n) is 5.80. The number of hydrogen-bond acceptors (Lipinski definition) is 4. The van der Waals surface area contributed by atoms with E-state index in [-0.39, 0.29) is 12.2 Å². The van der Waals surface area contributed by atoms with E-state index in [4.69, 9.17) is 26.3 Å². The molecule has 31 heavy (non-hydrogen) atoms. The van der Waals surface area contributed by atoms with Crippen molar-refractivity contribution in [3.63, 3.8) is 0 Å². The van der Waals surface area contributed by atoms with Gasteiger partial charge in [-0.1, -0.05) is 48.0 Å². The fourth-order valence-electron chi connectivity index (χ4n) is 4.40. The Balaban J connectivity index is 1.76. The van der Waals surface area contributed by atoms with Crippen LogP contribution in [0, 0.1) is 6.92 Å². The summed E-state index contributed by atoms with van der Waals surface area (Å²) >= 11 is 6.46. The first-order chi connectivity index (χ1) is 15.0. The van der Waals surface area contributed by atoms with Gasteiger partial charge in [0.1, 0.15) is 12.1 Å². The maximum absolute atomic E-state index is 6.46. The monoisotopic (exact) mass is 432 g/mol. The zero-order valence-electron chi connectivity index (χ0n) is 17.9. The molecule has 3 heterocycles. The largest absolute Gasteiger partial charge is 0.372 e. The van der Waals surface area contributed by atoms with E-state index in [1.165, 1.54) is 0 Å². The fourth-order valence-corrected chi connectivity index (χ4v) is 4.58. The van der Waals surface area contributed by atoms with Gasteiger partial charge in [0, 0.05) is 35.6 Å². The highest BCUT2D eigenvalue weighted by atomic mass is 35.5. The third kappa shape index (κ3) is 3.68. The molecule has 2 aromatic heterocycles. The van der Waals surface area contributed by atoms with Crippen molar-refractivity contribution in [1.82, 2.24) is 14.5 Å². The molecule has 0 amide bonds. The number of rotatable bonds is 3. The molecule has 158 valence electrons. The van der Waals surface area contributed by atoms with Crippen LogP contribution < -0.4 is 4.90 Å². The molecule has 6 heteroatoms.